The van der Waals surface area contributed by atoms with Crippen LogP contribution >= 0.6 is 0 Å². The highest BCUT2D eigenvalue weighted by atomic mass is 16.7. The van der Waals surface area contributed by atoms with Crippen LogP contribution < -0.4 is 19.5 Å². The molecule has 1 aliphatic heterocycles. The van der Waals surface area contributed by atoms with Gasteiger partial charge in [-0.25, -0.2) is 4.79 Å². The molecule has 2 aromatic carbocycles. The van der Waals surface area contributed by atoms with Gasteiger partial charge in [0.05, 0.1) is 12.2 Å². The van der Waals surface area contributed by atoms with Crippen LogP contribution in [0.4, 0.5) is 5.69 Å². The highest BCUT2D eigenvalue weighted by molar-refractivity contribution is 5.97. The van der Waals surface area contributed by atoms with Crippen molar-refractivity contribution in [3.05, 3.63) is 48.0 Å². The summed E-state index contributed by atoms with van der Waals surface area (Å²) in [7, 11) is 0. The zero-order valence-electron chi connectivity index (χ0n) is 16.8. The summed E-state index contributed by atoms with van der Waals surface area (Å²) < 4.78 is 21.4. The minimum atomic E-state index is -0.963. The maximum absolute atomic E-state index is 12.3. The van der Waals surface area contributed by atoms with Crippen LogP contribution in [0.5, 0.6) is 17.2 Å². The Morgan fingerprint density at radius 2 is 1.76 bits per heavy atom. The SMILES string of the molecule is CC(C)CCOc1ccc(C(=O)OC(C)C(=O)Nc2ccc3c(c2)OCO3)cc1. The van der Waals surface area contributed by atoms with Gasteiger partial charge in [-0.05, 0) is 55.7 Å². The Kier molecular flexibility index (Phi) is 6.59. The van der Waals surface area contributed by atoms with E-state index in [1.165, 1.54) is 6.92 Å². The maximum Gasteiger partial charge on any atom is 0.338 e. The number of benzene rings is 2. The molecule has 1 atom stereocenters. The van der Waals surface area contributed by atoms with Crippen LogP contribution in [-0.2, 0) is 9.53 Å². The molecule has 154 valence electrons. The predicted molar refractivity (Wildman–Crippen MR) is 107 cm³/mol. The molecule has 7 nitrogen and oxygen atoms in total. The molecule has 1 heterocycles. The van der Waals surface area contributed by atoms with Crippen molar-refractivity contribution in [3.8, 4) is 17.2 Å². The van der Waals surface area contributed by atoms with Crippen molar-refractivity contribution in [1.29, 1.82) is 0 Å². The number of carbonyl (C=O) groups excluding carboxylic acids is 2. The van der Waals surface area contributed by atoms with E-state index in [2.05, 4.69) is 19.2 Å². The molecule has 2 aromatic rings. The van der Waals surface area contributed by atoms with Gasteiger partial charge in [-0.3, -0.25) is 4.79 Å². The topological polar surface area (TPSA) is 83.1 Å². The second kappa shape index (κ2) is 9.32. The number of carbonyl (C=O) groups is 2. The predicted octanol–water partition coefficient (Wildman–Crippen LogP) is 4.02. The smallest absolute Gasteiger partial charge is 0.338 e. The van der Waals surface area contributed by atoms with Gasteiger partial charge in [-0.15, -0.1) is 0 Å². The van der Waals surface area contributed by atoms with Gasteiger partial charge < -0.3 is 24.3 Å². The van der Waals surface area contributed by atoms with E-state index < -0.39 is 18.0 Å². The van der Waals surface area contributed by atoms with E-state index in [4.69, 9.17) is 18.9 Å². The minimum Gasteiger partial charge on any atom is -0.494 e. The van der Waals surface area contributed by atoms with Gasteiger partial charge in [-0.1, -0.05) is 13.8 Å². The molecule has 0 spiro atoms. The Bertz CT molecular complexity index is 862. The molecule has 0 aliphatic carbocycles. The Morgan fingerprint density at radius 3 is 2.48 bits per heavy atom. The fraction of sp³-hybridized carbons (Fsp3) is 0.364. The molecule has 1 amide bonds. The lowest BCUT2D eigenvalue weighted by Gasteiger charge is -2.14. The molecule has 0 saturated heterocycles. The number of nitrogens with one attached hydrogen (secondary N) is 1. The van der Waals surface area contributed by atoms with Gasteiger partial charge in [-0.2, -0.15) is 0 Å². The quantitative estimate of drug-likeness (QED) is 0.675. The first-order chi connectivity index (χ1) is 13.9. The number of amides is 1. The van der Waals surface area contributed by atoms with Crippen LogP contribution in [0.15, 0.2) is 42.5 Å². The average Bonchev–Trinajstić information content (AvgIpc) is 3.16. The van der Waals surface area contributed by atoms with E-state index in [1.54, 1.807) is 42.5 Å². The van der Waals surface area contributed by atoms with Gasteiger partial charge in [0.15, 0.2) is 17.6 Å². The zero-order valence-corrected chi connectivity index (χ0v) is 16.8. The van der Waals surface area contributed by atoms with Crippen LogP contribution in [0, 0.1) is 5.92 Å². The lowest BCUT2D eigenvalue weighted by molar-refractivity contribution is -0.123. The van der Waals surface area contributed by atoms with Crippen molar-refractivity contribution in [3.63, 3.8) is 0 Å². The largest absolute Gasteiger partial charge is 0.494 e. The van der Waals surface area contributed by atoms with Crippen LogP contribution in [0.2, 0.25) is 0 Å². The van der Waals surface area contributed by atoms with Gasteiger partial charge in [0, 0.05) is 11.8 Å². The lowest BCUT2D eigenvalue weighted by Crippen LogP contribution is -2.30. The van der Waals surface area contributed by atoms with E-state index in [0.717, 1.165) is 6.42 Å². The molecule has 0 radical (unpaired) electrons. The highest BCUT2D eigenvalue weighted by Gasteiger charge is 2.20. The zero-order chi connectivity index (χ0) is 20.8. The van der Waals surface area contributed by atoms with Gasteiger partial charge >= 0.3 is 5.97 Å². The first-order valence-electron chi connectivity index (χ1n) is 9.56. The van der Waals surface area contributed by atoms with E-state index in [9.17, 15) is 9.59 Å². The van der Waals surface area contributed by atoms with E-state index >= 15 is 0 Å². The number of hydrogen-bond acceptors (Lipinski definition) is 6. The summed E-state index contributed by atoms with van der Waals surface area (Å²) in [5.74, 6) is 1.42. The fourth-order valence-electron chi connectivity index (χ4n) is 2.60. The lowest BCUT2D eigenvalue weighted by atomic mass is 10.1. The third-order valence-electron chi connectivity index (χ3n) is 4.35. The summed E-state index contributed by atoms with van der Waals surface area (Å²) in [6, 6.07) is 11.7. The average molecular weight is 399 g/mol. The third kappa shape index (κ3) is 5.63. The normalized spacial score (nSPS) is 13.1. The Labute approximate surface area is 169 Å². The van der Waals surface area contributed by atoms with Crippen molar-refractivity contribution in [2.45, 2.75) is 33.3 Å². The molecule has 0 bridgehead atoms. The number of ether oxygens (including phenoxy) is 4. The summed E-state index contributed by atoms with van der Waals surface area (Å²) in [5.41, 5.74) is 0.883. The highest BCUT2D eigenvalue weighted by Crippen LogP contribution is 2.34. The second-order valence-corrected chi connectivity index (χ2v) is 7.16. The van der Waals surface area contributed by atoms with Crippen LogP contribution in [0.3, 0.4) is 0 Å². The molecular formula is C22H25NO6. The third-order valence-corrected chi connectivity index (χ3v) is 4.35. The molecule has 1 unspecified atom stereocenters. The molecule has 29 heavy (non-hydrogen) atoms. The molecule has 0 fully saturated rings. The Hall–Kier alpha value is -3.22. The van der Waals surface area contributed by atoms with Crippen molar-refractivity contribution < 1.29 is 28.5 Å². The monoisotopic (exact) mass is 399 g/mol. The first-order valence-corrected chi connectivity index (χ1v) is 9.56. The van der Waals surface area contributed by atoms with Gasteiger partial charge in [0.2, 0.25) is 6.79 Å². The van der Waals surface area contributed by atoms with E-state index in [-0.39, 0.29) is 6.79 Å². The summed E-state index contributed by atoms with van der Waals surface area (Å²) in [5, 5.41) is 2.70. The molecule has 1 N–H and O–H groups in total. The fourth-order valence-corrected chi connectivity index (χ4v) is 2.60. The molecule has 7 heteroatoms. The van der Waals surface area contributed by atoms with Crippen LogP contribution in [0.1, 0.15) is 37.6 Å². The minimum absolute atomic E-state index is 0.155. The van der Waals surface area contributed by atoms with Crippen LogP contribution in [0.25, 0.3) is 0 Å². The summed E-state index contributed by atoms with van der Waals surface area (Å²) in [6.45, 7) is 6.56. The summed E-state index contributed by atoms with van der Waals surface area (Å²) in [6.07, 6.45) is -0.00494. The summed E-state index contributed by atoms with van der Waals surface area (Å²) in [4.78, 5) is 24.6. The van der Waals surface area contributed by atoms with Crippen molar-refractivity contribution in [2.24, 2.45) is 5.92 Å². The molecule has 1 aliphatic rings. The molecule has 0 aromatic heterocycles. The number of fused-ring (bicyclic) bond motifs is 1. The van der Waals surface area contributed by atoms with Gasteiger partial charge in [0.1, 0.15) is 5.75 Å². The Morgan fingerprint density at radius 1 is 1.03 bits per heavy atom. The van der Waals surface area contributed by atoms with E-state index in [1.807, 2.05) is 0 Å². The number of hydrogen-bond donors (Lipinski definition) is 1. The first kappa shape index (κ1) is 20.5. The summed E-state index contributed by atoms with van der Waals surface area (Å²) >= 11 is 0. The molecular weight excluding hydrogens is 374 g/mol. The van der Waals surface area contributed by atoms with Crippen molar-refractivity contribution >= 4 is 17.6 Å². The molecule has 0 saturated carbocycles. The van der Waals surface area contributed by atoms with Crippen molar-refractivity contribution in [1.82, 2.24) is 0 Å². The van der Waals surface area contributed by atoms with E-state index in [0.29, 0.717) is 41.0 Å². The molecule has 3 rings (SSSR count). The maximum atomic E-state index is 12.3. The standard InChI is InChI=1S/C22H25NO6/c1-14(2)10-11-26-18-7-4-16(5-8-18)22(25)29-15(3)21(24)23-17-6-9-19-20(12-17)28-13-27-19/h4-9,12,14-15H,10-11,13H2,1-3H3,(H,23,24). The number of anilines is 1. The van der Waals surface area contributed by atoms with Crippen LogP contribution in [-0.4, -0.2) is 31.4 Å². The van der Waals surface area contributed by atoms with Gasteiger partial charge in [0.25, 0.3) is 5.91 Å². The number of esters is 1. The van der Waals surface area contributed by atoms with Crippen molar-refractivity contribution in [2.75, 3.05) is 18.7 Å². The Balaban J connectivity index is 1.51. The number of rotatable bonds is 8. The second-order valence-electron chi connectivity index (χ2n) is 7.16.